The van der Waals surface area contributed by atoms with Crippen LogP contribution in [0.2, 0.25) is 0 Å². The molecule has 0 aliphatic carbocycles. The molecule has 1 aromatic rings. The predicted octanol–water partition coefficient (Wildman–Crippen LogP) is 1.17. The van der Waals surface area contributed by atoms with E-state index < -0.39 is 0 Å². The van der Waals surface area contributed by atoms with E-state index in [0.717, 1.165) is 17.8 Å². The SMILES string of the molecule is CCNc1ccc(C=NN(NCC)C(=N)N)cc1. The van der Waals surface area contributed by atoms with E-state index in [9.17, 15) is 0 Å². The molecule has 6 nitrogen and oxygen atoms in total. The Hall–Kier alpha value is -2.08. The minimum Gasteiger partial charge on any atom is -0.385 e. The van der Waals surface area contributed by atoms with Crippen LogP contribution in [0, 0.1) is 5.41 Å². The summed E-state index contributed by atoms with van der Waals surface area (Å²) in [6.07, 6.45) is 1.65. The van der Waals surface area contributed by atoms with Crippen LogP contribution in [0.15, 0.2) is 29.4 Å². The summed E-state index contributed by atoms with van der Waals surface area (Å²) < 4.78 is 0. The van der Waals surface area contributed by atoms with Crippen LogP contribution in [0.1, 0.15) is 19.4 Å². The van der Waals surface area contributed by atoms with Crippen molar-refractivity contribution in [2.75, 3.05) is 18.4 Å². The van der Waals surface area contributed by atoms with Crippen molar-refractivity contribution in [2.24, 2.45) is 10.8 Å². The fourth-order valence-electron chi connectivity index (χ4n) is 1.35. The Morgan fingerprint density at radius 1 is 1.33 bits per heavy atom. The molecule has 0 saturated heterocycles. The van der Waals surface area contributed by atoms with E-state index in [0.29, 0.717) is 6.54 Å². The number of nitrogens with zero attached hydrogens (tertiary/aromatic N) is 2. The van der Waals surface area contributed by atoms with Crippen molar-refractivity contribution in [1.82, 2.24) is 10.5 Å². The summed E-state index contributed by atoms with van der Waals surface area (Å²) in [6, 6.07) is 7.87. The Morgan fingerprint density at radius 3 is 2.50 bits per heavy atom. The zero-order valence-corrected chi connectivity index (χ0v) is 10.8. The topological polar surface area (TPSA) is 89.5 Å². The smallest absolute Gasteiger partial charge is 0.225 e. The number of rotatable bonds is 6. The first-order valence-corrected chi connectivity index (χ1v) is 5.93. The summed E-state index contributed by atoms with van der Waals surface area (Å²) in [5.41, 5.74) is 10.3. The van der Waals surface area contributed by atoms with E-state index in [4.69, 9.17) is 11.1 Å². The maximum atomic E-state index is 7.33. The molecule has 0 fully saturated rings. The van der Waals surface area contributed by atoms with Crippen LogP contribution in [-0.2, 0) is 0 Å². The molecule has 0 unspecified atom stereocenters. The molecular formula is C12H20N6. The van der Waals surface area contributed by atoms with Gasteiger partial charge in [-0.25, -0.2) is 5.43 Å². The molecule has 0 heterocycles. The quantitative estimate of drug-likeness (QED) is 0.345. The lowest BCUT2D eigenvalue weighted by atomic mass is 10.2. The molecule has 0 radical (unpaired) electrons. The summed E-state index contributed by atoms with van der Waals surface area (Å²) >= 11 is 0. The lowest BCUT2D eigenvalue weighted by Crippen LogP contribution is -2.42. The average molecular weight is 248 g/mol. The number of guanidine groups is 1. The van der Waals surface area contributed by atoms with Crippen molar-refractivity contribution >= 4 is 17.9 Å². The highest BCUT2D eigenvalue weighted by molar-refractivity contribution is 5.82. The lowest BCUT2D eigenvalue weighted by molar-refractivity contribution is 0.327. The van der Waals surface area contributed by atoms with E-state index in [1.165, 1.54) is 5.12 Å². The van der Waals surface area contributed by atoms with Crippen LogP contribution in [0.25, 0.3) is 0 Å². The highest BCUT2D eigenvalue weighted by atomic mass is 15.7. The molecule has 0 amide bonds. The molecule has 1 aromatic carbocycles. The van der Waals surface area contributed by atoms with Gasteiger partial charge in [-0.05, 0) is 24.6 Å². The molecular weight excluding hydrogens is 228 g/mol. The fraction of sp³-hybridized carbons (Fsp3) is 0.333. The summed E-state index contributed by atoms with van der Waals surface area (Å²) in [7, 11) is 0. The van der Waals surface area contributed by atoms with Gasteiger partial charge in [-0.3, -0.25) is 5.41 Å². The number of hydrazine groups is 1. The molecule has 0 aromatic heterocycles. The summed E-state index contributed by atoms with van der Waals surface area (Å²) in [5, 5.41) is 15.9. The van der Waals surface area contributed by atoms with Crippen molar-refractivity contribution in [3.8, 4) is 0 Å². The van der Waals surface area contributed by atoms with Gasteiger partial charge in [-0.2, -0.15) is 10.2 Å². The lowest BCUT2D eigenvalue weighted by Gasteiger charge is -2.15. The van der Waals surface area contributed by atoms with Crippen molar-refractivity contribution in [3.63, 3.8) is 0 Å². The van der Waals surface area contributed by atoms with Crippen molar-refractivity contribution < 1.29 is 0 Å². The number of nitrogens with one attached hydrogen (secondary N) is 3. The maximum absolute atomic E-state index is 7.33. The second kappa shape index (κ2) is 7.29. The van der Waals surface area contributed by atoms with Gasteiger partial charge in [0.15, 0.2) is 0 Å². The summed E-state index contributed by atoms with van der Waals surface area (Å²) in [5.74, 6) is -0.141. The third-order valence-corrected chi connectivity index (χ3v) is 2.15. The van der Waals surface area contributed by atoms with Crippen LogP contribution in [-0.4, -0.2) is 30.4 Å². The van der Waals surface area contributed by atoms with Gasteiger partial charge in [0.1, 0.15) is 0 Å². The summed E-state index contributed by atoms with van der Waals surface area (Å²) in [4.78, 5) is 0. The molecule has 98 valence electrons. The van der Waals surface area contributed by atoms with Crippen LogP contribution < -0.4 is 16.5 Å². The number of hydrogen-bond donors (Lipinski definition) is 4. The molecule has 0 aliphatic rings. The van der Waals surface area contributed by atoms with Gasteiger partial charge in [0.25, 0.3) is 0 Å². The van der Waals surface area contributed by atoms with E-state index in [2.05, 4.69) is 22.8 Å². The zero-order chi connectivity index (χ0) is 13.4. The second-order valence-electron chi connectivity index (χ2n) is 3.61. The third kappa shape index (κ3) is 4.42. The summed E-state index contributed by atoms with van der Waals surface area (Å²) in [6.45, 7) is 5.51. The molecule has 1 rings (SSSR count). The molecule has 0 aliphatic heterocycles. The molecule has 18 heavy (non-hydrogen) atoms. The Morgan fingerprint density at radius 2 is 2.00 bits per heavy atom. The van der Waals surface area contributed by atoms with E-state index in [1.807, 2.05) is 31.2 Å². The number of hydrazone groups is 1. The van der Waals surface area contributed by atoms with Crippen molar-refractivity contribution in [2.45, 2.75) is 13.8 Å². The minimum absolute atomic E-state index is 0.141. The molecule has 5 N–H and O–H groups in total. The Bertz CT molecular complexity index is 398. The largest absolute Gasteiger partial charge is 0.385 e. The average Bonchev–Trinajstić information content (AvgIpc) is 2.36. The molecule has 6 heteroatoms. The third-order valence-electron chi connectivity index (χ3n) is 2.15. The van der Waals surface area contributed by atoms with Gasteiger partial charge in [0, 0.05) is 18.8 Å². The Balaban J connectivity index is 2.67. The van der Waals surface area contributed by atoms with Gasteiger partial charge in [0.05, 0.1) is 6.21 Å². The van der Waals surface area contributed by atoms with E-state index in [-0.39, 0.29) is 5.96 Å². The standard InChI is InChI=1S/C12H20N6/c1-3-15-11-7-5-10(6-8-11)9-17-18(12(13)14)16-4-2/h5-9,15-16H,3-4H2,1-2H3,(H3,13,14). The second-order valence-corrected chi connectivity index (χ2v) is 3.61. The Kier molecular flexibility index (Phi) is 5.66. The van der Waals surface area contributed by atoms with Crippen molar-refractivity contribution in [1.29, 1.82) is 5.41 Å². The molecule has 0 spiro atoms. The van der Waals surface area contributed by atoms with E-state index >= 15 is 0 Å². The molecule has 0 atom stereocenters. The maximum Gasteiger partial charge on any atom is 0.225 e. The van der Waals surface area contributed by atoms with Crippen molar-refractivity contribution in [3.05, 3.63) is 29.8 Å². The number of anilines is 1. The monoisotopic (exact) mass is 248 g/mol. The van der Waals surface area contributed by atoms with Gasteiger partial charge < -0.3 is 11.1 Å². The van der Waals surface area contributed by atoms with Crippen LogP contribution >= 0.6 is 0 Å². The van der Waals surface area contributed by atoms with Gasteiger partial charge in [0.2, 0.25) is 5.96 Å². The van der Waals surface area contributed by atoms with Gasteiger partial charge in [-0.1, -0.05) is 19.1 Å². The fourth-order valence-corrected chi connectivity index (χ4v) is 1.35. The minimum atomic E-state index is -0.141. The number of benzene rings is 1. The number of nitrogens with two attached hydrogens (primary N) is 1. The first-order chi connectivity index (χ1) is 8.67. The highest BCUT2D eigenvalue weighted by Gasteiger charge is 2.00. The predicted molar refractivity (Wildman–Crippen MR) is 75.6 cm³/mol. The van der Waals surface area contributed by atoms with Crippen LogP contribution in [0.4, 0.5) is 5.69 Å². The number of hydrogen-bond acceptors (Lipinski definition) is 4. The zero-order valence-electron chi connectivity index (χ0n) is 10.8. The van der Waals surface area contributed by atoms with Gasteiger partial charge in [-0.15, -0.1) is 0 Å². The van der Waals surface area contributed by atoms with Crippen LogP contribution in [0.5, 0.6) is 0 Å². The van der Waals surface area contributed by atoms with Gasteiger partial charge >= 0.3 is 0 Å². The first kappa shape index (κ1) is 14.0. The van der Waals surface area contributed by atoms with Crippen LogP contribution in [0.3, 0.4) is 0 Å². The Labute approximate surface area is 107 Å². The van der Waals surface area contributed by atoms with E-state index in [1.54, 1.807) is 6.21 Å². The highest BCUT2D eigenvalue weighted by Crippen LogP contribution is 2.07. The molecule has 0 bridgehead atoms. The molecule has 0 saturated carbocycles. The first-order valence-electron chi connectivity index (χ1n) is 5.93. The normalized spacial score (nSPS) is 10.6.